The summed E-state index contributed by atoms with van der Waals surface area (Å²) in [6.07, 6.45) is 9.35. The highest BCUT2D eigenvalue weighted by molar-refractivity contribution is 5.91. The number of allylic oxidation sites excluding steroid dienone is 1. The van der Waals surface area contributed by atoms with Gasteiger partial charge in [0.1, 0.15) is 5.82 Å². The van der Waals surface area contributed by atoms with Gasteiger partial charge in [0.05, 0.1) is 11.0 Å². The largest absolute Gasteiger partial charge is 0.353 e. The molecule has 0 aliphatic heterocycles. The van der Waals surface area contributed by atoms with E-state index in [0.29, 0.717) is 6.54 Å². The van der Waals surface area contributed by atoms with Gasteiger partial charge in [0, 0.05) is 25.6 Å². The van der Waals surface area contributed by atoms with E-state index in [1.807, 2.05) is 72.8 Å². The first-order valence-electron chi connectivity index (χ1n) is 11.0. The van der Waals surface area contributed by atoms with E-state index in [0.717, 1.165) is 41.8 Å². The summed E-state index contributed by atoms with van der Waals surface area (Å²) in [7, 11) is 0. The Morgan fingerprint density at radius 3 is 2.25 bits per heavy atom. The molecule has 0 spiro atoms. The van der Waals surface area contributed by atoms with Gasteiger partial charge in [-0.1, -0.05) is 84.9 Å². The second-order valence-electron chi connectivity index (χ2n) is 7.58. The monoisotopic (exact) mass is 421 g/mol. The number of imidazole rings is 1. The minimum absolute atomic E-state index is 0.0758. The van der Waals surface area contributed by atoms with Gasteiger partial charge in [-0.25, -0.2) is 4.98 Å². The molecule has 4 heteroatoms. The molecule has 0 atom stereocenters. The van der Waals surface area contributed by atoms with Crippen molar-refractivity contribution in [3.8, 4) is 0 Å². The Bertz CT molecular complexity index is 1210. The highest BCUT2D eigenvalue weighted by atomic mass is 16.1. The Kier molecular flexibility index (Phi) is 7.27. The molecule has 1 N–H and O–H groups in total. The van der Waals surface area contributed by atoms with Crippen molar-refractivity contribution in [1.29, 1.82) is 0 Å². The molecule has 1 aromatic heterocycles. The number of fused-ring (bicyclic) bond motifs is 1. The first kappa shape index (κ1) is 21.3. The zero-order valence-corrected chi connectivity index (χ0v) is 18.0. The van der Waals surface area contributed by atoms with Crippen LogP contribution in [0.3, 0.4) is 0 Å². The van der Waals surface area contributed by atoms with Crippen LogP contribution in [0.5, 0.6) is 0 Å². The second-order valence-corrected chi connectivity index (χ2v) is 7.58. The maximum Gasteiger partial charge on any atom is 0.243 e. The number of aromatic nitrogens is 2. The lowest BCUT2D eigenvalue weighted by Crippen LogP contribution is -2.22. The van der Waals surface area contributed by atoms with Gasteiger partial charge in [-0.2, -0.15) is 0 Å². The molecule has 32 heavy (non-hydrogen) atoms. The summed E-state index contributed by atoms with van der Waals surface area (Å²) in [4.78, 5) is 16.9. The highest BCUT2D eigenvalue weighted by Crippen LogP contribution is 2.17. The Balaban J connectivity index is 1.35. The van der Waals surface area contributed by atoms with Gasteiger partial charge in [-0.3, -0.25) is 4.79 Å². The summed E-state index contributed by atoms with van der Waals surface area (Å²) in [5, 5.41) is 2.96. The fraction of sp³-hybridized carbons (Fsp3) is 0.143. The summed E-state index contributed by atoms with van der Waals surface area (Å²) in [5.74, 6) is 0.964. The first-order valence-corrected chi connectivity index (χ1v) is 11.0. The van der Waals surface area contributed by atoms with Gasteiger partial charge in [-0.15, -0.1) is 0 Å². The Hall–Kier alpha value is -3.92. The summed E-state index contributed by atoms with van der Waals surface area (Å²) >= 11 is 0. The molecule has 0 saturated carbocycles. The predicted molar refractivity (Wildman–Crippen MR) is 132 cm³/mol. The Morgan fingerprint density at radius 2 is 1.50 bits per heavy atom. The molecule has 1 amide bonds. The number of carbonyl (C=O) groups excluding carboxylic acids is 1. The number of benzene rings is 3. The third-order valence-electron chi connectivity index (χ3n) is 5.23. The Morgan fingerprint density at radius 1 is 0.844 bits per heavy atom. The van der Waals surface area contributed by atoms with Crippen molar-refractivity contribution in [2.24, 2.45) is 0 Å². The van der Waals surface area contributed by atoms with Crippen molar-refractivity contribution in [2.45, 2.75) is 19.4 Å². The molecule has 3 aromatic carbocycles. The van der Waals surface area contributed by atoms with Gasteiger partial charge in [0.25, 0.3) is 0 Å². The number of hydrogen-bond donors (Lipinski definition) is 1. The van der Waals surface area contributed by atoms with Crippen LogP contribution in [-0.2, 0) is 17.8 Å². The van der Waals surface area contributed by atoms with Crippen LogP contribution in [0.15, 0.2) is 97.1 Å². The van der Waals surface area contributed by atoms with Crippen LogP contribution >= 0.6 is 0 Å². The van der Waals surface area contributed by atoms with Crippen molar-refractivity contribution in [3.63, 3.8) is 0 Å². The summed E-state index contributed by atoms with van der Waals surface area (Å²) in [6, 6.07) is 28.3. The van der Waals surface area contributed by atoms with E-state index in [4.69, 9.17) is 4.98 Å². The maximum atomic E-state index is 12.1. The zero-order chi connectivity index (χ0) is 22.0. The quantitative estimate of drug-likeness (QED) is 0.286. The summed E-state index contributed by atoms with van der Waals surface area (Å²) < 4.78 is 2.26. The minimum atomic E-state index is -0.0758. The van der Waals surface area contributed by atoms with E-state index in [9.17, 15) is 4.79 Å². The molecule has 4 rings (SSSR count). The topological polar surface area (TPSA) is 46.9 Å². The van der Waals surface area contributed by atoms with Crippen LogP contribution in [0.1, 0.15) is 23.4 Å². The number of nitrogens with one attached hydrogen (secondary N) is 1. The lowest BCUT2D eigenvalue weighted by atomic mass is 10.2. The smallest absolute Gasteiger partial charge is 0.243 e. The average molecular weight is 422 g/mol. The van der Waals surface area contributed by atoms with Crippen LogP contribution in [0.25, 0.3) is 23.2 Å². The molecule has 0 bridgehead atoms. The number of aryl methyl sites for hydroxylation is 1. The Labute approximate surface area is 188 Å². The van der Waals surface area contributed by atoms with Crippen LogP contribution in [0, 0.1) is 0 Å². The van der Waals surface area contributed by atoms with Gasteiger partial charge in [0.2, 0.25) is 5.91 Å². The van der Waals surface area contributed by atoms with E-state index in [1.54, 1.807) is 6.08 Å². The van der Waals surface area contributed by atoms with Gasteiger partial charge >= 0.3 is 0 Å². The molecule has 1 heterocycles. The molecular weight excluding hydrogens is 394 g/mol. The SMILES string of the molecule is O=C(/C=C/c1ccccc1)NCCCc1nc2ccccc2n1C/C=C/c1ccccc1. The molecular formula is C28H27N3O. The first-order chi connectivity index (χ1) is 15.8. The molecule has 0 radical (unpaired) electrons. The molecule has 0 saturated heterocycles. The van der Waals surface area contributed by atoms with E-state index in [-0.39, 0.29) is 5.91 Å². The van der Waals surface area contributed by atoms with Crippen LogP contribution in [-0.4, -0.2) is 22.0 Å². The van der Waals surface area contributed by atoms with Gasteiger partial charge in [-0.05, 0) is 35.8 Å². The number of amides is 1. The van der Waals surface area contributed by atoms with Crippen molar-refractivity contribution in [2.75, 3.05) is 6.54 Å². The molecule has 0 aliphatic carbocycles. The molecule has 160 valence electrons. The van der Waals surface area contributed by atoms with E-state index in [2.05, 4.69) is 40.2 Å². The maximum absolute atomic E-state index is 12.1. The van der Waals surface area contributed by atoms with Gasteiger partial charge in [0.15, 0.2) is 0 Å². The lowest BCUT2D eigenvalue weighted by molar-refractivity contribution is -0.116. The number of hydrogen-bond acceptors (Lipinski definition) is 2. The van der Waals surface area contributed by atoms with Gasteiger partial charge < -0.3 is 9.88 Å². The number of nitrogens with zero attached hydrogens (tertiary/aromatic N) is 2. The second kappa shape index (κ2) is 10.9. The standard InChI is InChI=1S/C28H27N3O/c32-28(20-19-24-13-5-2-6-14-24)29-21-9-18-27-30-25-16-7-8-17-26(25)31(27)22-10-15-23-11-3-1-4-12-23/h1-8,10-17,19-20H,9,18,21-22H2,(H,29,32)/b15-10+,20-19+. The number of rotatable bonds is 9. The predicted octanol–water partition coefficient (Wildman–Crippen LogP) is 5.51. The average Bonchev–Trinajstić information content (AvgIpc) is 3.19. The van der Waals surface area contributed by atoms with E-state index >= 15 is 0 Å². The van der Waals surface area contributed by atoms with Crippen LogP contribution in [0.4, 0.5) is 0 Å². The van der Waals surface area contributed by atoms with Crippen molar-refractivity contribution >= 4 is 29.1 Å². The summed E-state index contributed by atoms with van der Waals surface area (Å²) in [6.45, 7) is 1.37. The van der Waals surface area contributed by atoms with E-state index in [1.165, 1.54) is 5.56 Å². The molecule has 0 fully saturated rings. The van der Waals surface area contributed by atoms with E-state index < -0.39 is 0 Å². The molecule has 0 unspecified atom stereocenters. The molecule has 0 aliphatic rings. The van der Waals surface area contributed by atoms with Crippen molar-refractivity contribution < 1.29 is 4.79 Å². The highest BCUT2D eigenvalue weighted by Gasteiger charge is 2.09. The van der Waals surface area contributed by atoms with Crippen LogP contribution in [0.2, 0.25) is 0 Å². The number of para-hydroxylation sites is 2. The third-order valence-corrected chi connectivity index (χ3v) is 5.23. The lowest BCUT2D eigenvalue weighted by Gasteiger charge is -2.07. The fourth-order valence-electron chi connectivity index (χ4n) is 3.63. The summed E-state index contributed by atoms with van der Waals surface area (Å²) in [5.41, 5.74) is 4.34. The zero-order valence-electron chi connectivity index (χ0n) is 18.0. The van der Waals surface area contributed by atoms with Crippen molar-refractivity contribution in [1.82, 2.24) is 14.9 Å². The third kappa shape index (κ3) is 5.82. The normalized spacial score (nSPS) is 11.5. The fourth-order valence-corrected chi connectivity index (χ4v) is 3.63. The van der Waals surface area contributed by atoms with Crippen molar-refractivity contribution in [3.05, 3.63) is 114 Å². The minimum Gasteiger partial charge on any atom is -0.353 e. The molecule has 4 nitrogen and oxygen atoms in total. The number of carbonyl (C=O) groups is 1. The van der Waals surface area contributed by atoms with Crippen LogP contribution < -0.4 is 5.32 Å². The molecule has 4 aromatic rings.